The lowest BCUT2D eigenvalue weighted by atomic mass is 9.79. The van der Waals surface area contributed by atoms with E-state index in [4.69, 9.17) is 18.9 Å². The van der Waals surface area contributed by atoms with Gasteiger partial charge in [-0.25, -0.2) is 9.59 Å². The van der Waals surface area contributed by atoms with Crippen LogP contribution < -0.4 is 4.74 Å². The van der Waals surface area contributed by atoms with Crippen molar-refractivity contribution < 1.29 is 73.9 Å². The first-order valence-electron chi connectivity index (χ1n) is 15.3. The number of carboxylic acids is 1. The van der Waals surface area contributed by atoms with Gasteiger partial charge in [0.25, 0.3) is 0 Å². The number of aliphatic hydroxyl groups excluding tert-OH is 1. The first kappa shape index (κ1) is 36.9. The number of aryl methyl sites for hydroxylation is 2. The Hall–Kier alpha value is -5.96. The number of ether oxygens (including phenoxy) is 4. The molecule has 0 unspecified atom stereocenters. The molecule has 0 radical (unpaired) electrons. The number of hydrogen-bond donors (Lipinski definition) is 7. The average molecular weight is 697 g/mol. The highest BCUT2D eigenvalue weighted by Gasteiger charge is 2.56. The monoisotopic (exact) mass is 696 g/mol. The summed E-state index contributed by atoms with van der Waals surface area (Å²) in [5.41, 5.74) is -1.10. The number of phenols is 5. The normalized spacial score (nSPS) is 20.2. The van der Waals surface area contributed by atoms with Crippen LogP contribution in [0.2, 0.25) is 0 Å². The van der Waals surface area contributed by atoms with Gasteiger partial charge in [0, 0.05) is 31.8 Å². The van der Waals surface area contributed by atoms with Gasteiger partial charge in [-0.1, -0.05) is 18.2 Å². The molecule has 50 heavy (non-hydrogen) atoms. The highest BCUT2D eigenvalue weighted by molar-refractivity contribution is 5.87. The molecule has 15 nitrogen and oxygen atoms in total. The zero-order valence-corrected chi connectivity index (χ0v) is 26.7. The summed E-state index contributed by atoms with van der Waals surface area (Å²) >= 11 is 0. The fourth-order valence-electron chi connectivity index (χ4n) is 5.33. The molecule has 0 bridgehead atoms. The van der Waals surface area contributed by atoms with Gasteiger partial charge in [-0.05, 0) is 72.0 Å². The molecule has 1 saturated carbocycles. The maximum absolute atomic E-state index is 13.0. The van der Waals surface area contributed by atoms with Gasteiger partial charge in [0.15, 0.2) is 34.5 Å². The van der Waals surface area contributed by atoms with Gasteiger partial charge in [0.2, 0.25) is 5.60 Å². The van der Waals surface area contributed by atoms with Crippen molar-refractivity contribution in [3.8, 4) is 34.5 Å². The molecule has 0 amide bonds. The summed E-state index contributed by atoms with van der Waals surface area (Å²) in [4.78, 5) is 51.4. The van der Waals surface area contributed by atoms with Gasteiger partial charge in [0.05, 0.1) is 7.11 Å². The van der Waals surface area contributed by atoms with Crippen LogP contribution in [0.1, 0.15) is 42.4 Å². The van der Waals surface area contributed by atoms with Crippen LogP contribution >= 0.6 is 0 Å². The fraction of sp³-hybridized carbons (Fsp3) is 0.314. The van der Waals surface area contributed by atoms with Crippen LogP contribution in [0.15, 0.2) is 60.7 Å². The number of aliphatic hydroxyl groups is 1. The van der Waals surface area contributed by atoms with Gasteiger partial charge in [0.1, 0.15) is 18.3 Å². The number of esters is 3. The van der Waals surface area contributed by atoms with Crippen molar-refractivity contribution in [3.63, 3.8) is 0 Å². The zero-order valence-electron chi connectivity index (χ0n) is 26.7. The van der Waals surface area contributed by atoms with Crippen LogP contribution in [-0.4, -0.2) is 90.6 Å². The molecular weight excluding hydrogens is 660 g/mol. The van der Waals surface area contributed by atoms with Crippen LogP contribution in [0.25, 0.3) is 6.08 Å². The molecule has 0 aromatic heterocycles. The van der Waals surface area contributed by atoms with Crippen LogP contribution in [-0.2, 0) is 46.2 Å². The second-order valence-electron chi connectivity index (χ2n) is 11.6. The lowest BCUT2D eigenvalue weighted by molar-refractivity contribution is -0.215. The first-order valence-corrected chi connectivity index (χ1v) is 15.3. The van der Waals surface area contributed by atoms with E-state index in [2.05, 4.69) is 0 Å². The standard InChI is InChI=1S/C35H36O15/c1-47-27-16-21(4-10-24(27)38)6-12-31(42)49-29-18-35(34(45)46,50-32(43)13-7-20-3-9-23(37)26(40)15-20)17-28(33(29)44)48-30(41)11-5-19-2-8-22(36)25(39)14-19/h2-4,6,8-10,12,14-16,28-29,33,36-40,44H,5,7,11,13,17-18H2,1H3,(H,45,46)/b12-6+/t28-,29-,33+,35-/m1/s1. The maximum Gasteiger partial charge on any atom is 0.348 e. The van der Waals surface area contributed by atoms with Gasteiger partial charge in [-0.15, -0.1) is 0 Å². The third kappa shape index (κ3) is 9.35. The lowest BCUT2D eigenvalue weighted by Gasteiger charge is -2.42. The van der Waals surface area contributed by atoms with Crippen LogP contribution in [0.3, 0.4) is 0 Å². The van der Waals surface area contributed by atoms with E-state index >= 15 is 0 Å². The van der Waals surface area contributed by atoms with E-state index in [1.807, 2.05) is 0 Å². The summed E-state index contributed by atoms with van der Waals surface area (Å²) in [5, 5.41) is 69.8. The van der Waals surface area contributed by atoms with Crippen molar-refractivity contribution in [1.82, 2.24) is 0 Å². The van der Waals surface area contributed by atoms with E-state index in [0.717, 1.165) is 6.08 Å². The number of methoxy groups -OCH3 is 1. The number of aromatic hydroxyl groups is 5. The third-order valence-electron chi connectivity index (χ3n) is 8.00. The van der Waals surface area contributed by atoms with E-state index in [1.165, 1.54) is 67.8 Å². The van der Waals surface area contributed by atoms with Gasteiger partial charge < -0.3 is 54.7 Å². The second-order valence-corrected chi connectivity index (χ2v) is 11.6. The van der Waals surface area contributed by atoms with Gasteiger partial charge >= 0.3 is 23.9 Å². The summed E-state index contributed by atoms with van der Waals surface area (Å²) in [6.07, 6.45) is -4.76. The first-order chi connectivity index (χ1) is 23.7. The SMILES string of the molecule is COc1cc(/C=C/C(=O)O[C@@H]2C[C@@](OC(=O)CCc3ccc(O)c(O)c3)(C(=O)O)C[C@@H](OC(=O)CCc3ccc(O)c(O)c3)[C@@H]2O)ccc1O. The van der Waals surface area contributed by atoms with E-state index in [9.17, 15) is 54.9 Å². The van der Waals surface area contributed by atoms with Gasteiger partial charge in [-0.2, -0.15) is 0 Å². The summed E-state index contributed by atoms with van der Waals surface area (Å²) in [6.45, 7) is 0. The molecule has 7 N–H and O–H groups in total. The number of carbonyl (C=O) groups is 4. The lowest BCUT2D eigenvalue weighted by Crippen LogP contribution is -2.59. The maximum atomic E-state index is 13.0. The highest BCUT2D eigenvalue weighted by Crippen LogP contribution is 2.37. The van der Waals surface area contributed by atoms with Crippen molar-refractivity contribution in [1.29, 1.82) is 0 Å². The van der Waals surface area contributed by atoms with Crippen molar-refractivity contribution in [2.75, 3.05) is 7.11 Å². The summed E-state index contributed by atoms with van der Waals surface area (Å²) in [7, 11) is 1.34. The number of carboxylic acid groups (broad SMARTS) is 1. The molecule has 0 aliphatic heterocycles. The molecule has 1 aliphatic rings. The summed E-state index contributed by atoms with van der Waals surface area (Å²) < 4.78 is 21.3. The molecule has 3 aromatic carbocycles. The van der Waals surface area contributed by atoms with E-state index in [-0.39, 0.29) is 48.7 Å². The molecule has 15 heteroatoms. The minimum atomic E-state index is -2.42. The van der Waals surface area contributed by atoms with Crippen molar-refractivity contribution in [3.05, 3.63) is 77.4 Å². The predicted molar refractivity (Wildman–Crippen MR) is 171 cm³/mol. The van der Waals surface area contributed by atoms with Crippen molar-refractivity contribution in [2.45, 2.75) is 62.4 Å². The number of carbonyl (C=O) groups excluding carboxylic acids is 3. The Morgan fingerprint density at radius 1 is 0.740 bits per heavy atom. The number of rotatable bonds is 13. The minimum Gasteiger partial charge on any atom is -0.504 e. The number of phenolic OH excluding ortho intramolecular Hbond substituents is 5. The van der Waals surface area contributed by atoms with Crippen molar-refractivity contribution in [2.24, 2.45) is 0 Å². The fourth-order valence-corrected chi connectivity index (χ4v) is 5.33. The quantitative estimate of drug-likeness (QED) is 0.0588. The minimum absolute atomic E-state index is 0.0124. The largest absolute Gasteiger partial charge is 0.504 e. The molecular formula is C35H36O15. The highest BCUT2D eigenvalue weighted by atomic mass is 16.6. The van der Waals surface area contributed by atoms with E-state index in [0.29, 0.717) is 16.7 Å². The number of aliphatic carboxylic acids is 1. The summed E-state index contributed by atoms with van der Waals surface area (Å²) in [6, 6.07) is 12.0. The molecule has 1 aliphatic carbocycles. The molecule has 0 spiro atoms. The molecule has 3 aromatic rings. The average Bonchev–Trinajstić information content (AvgIpc) is 3.07. The van der Waals surface area contributed by atoms with Crippen molar-refractivity contribution >= 4 is 30.0 Å². The van der Waals surface area contributed by atoms with Crippen LogP contribution in [0.5, 0.6) is 34.5 Å². The number of hydrogen-bond acceptors (Lipinski definition) is 14. The molecule has 1 fully saturated rings. The molecule has 4 atom stereocenters. The molecule has 266 valence electrons. The van der Waals surface area contributed by atoms with Crippen LogP contribution in [0, 0.1) is 0 Å². The van der Waals surface area contributed by atoms with Crippen LogP contribution in [0.4, 0.5) is 0 Å². The summed E-state index contributed by atoms with van der Waals surface area (Å²) in [5.74, 6) is -6.15. The topological polar surface area (TPSA) is 247 Å². The second kappa shape index (κ2) is 16.0. The Bertz CT molecular complexity index is 1770. The third-order valence-corrected chi connectivity index (χ3v) is 8.00. The molecule has 4 rings (SSSR count). The van der Waals surface area contributed by atoms with E-state index < -0.39 is 72.1 Å². The van der Waals surface area contributed by atoms with Gasteiger partial charge in [-0.3, -0.25) is 9.59 Å². The Labute approximate surface area is 285 Å². The smallest absolute Gasteiger partial charge is 0.348 e. The molecule has 0 heterocycles. The predicted octanol–water partition coefficient (Wildman–Crippen LogP) is 2.85. The Balaban J connectivity index is 1.53. The van der Waals surface area contributed by atoms with E-state index in [1.54, 1.807) is 0 Å². The molecule has 0 saturated heterocycles. The Kier molecular flexibility index (Phi) is 11.8. The Morgan fingerprint density at radius 3 is 1.82 bits per heavy atom. The zero-order chi connectivity index (χ0) is 36.6. The Morgan fingerprint density at radius 2 is 1.28 bits per heavy atom. The number of benzene rings is 3.